The predicted octanol–water partition coefficient (Wildman–Crippen LogP) is 1.62. The lowest BCUT2D eigenvalue weighted by Gasteiger charge is -2.10. The van der Waals surface area contributed by atoms with Crippen LogP contribution in [-0.2, 0) is 0 Å². The molecule has 0 aromatic heterocycles. The molecule has 64 valence electrons. The summed E-state index contributed by atoms with van der Waals surface area (Å²) in [5.41, 5.74) is 2.31. The zero-order valence-electron chi connectivity index (χ0n) is 7.86. The Hall–Kier alpha value is -0.920. The summed E-state index contributed by atoms with van der Waals surface area (Å²) in [7, 11) is 3.86. The Bertz CT molecular complexity index is 157. The zero-order chi connectivity index (χ0) is 8.69. The van der Waals surface area contributed by atoms with Crippen LogP contribution in [0.4, 0.5) is 0 Å². The molecule has 0 atom stereocenters. The molecular weight excluding hydrogens is 136 g/mol. The number of allylic oxidation sites excluding steroid dienone is 2. The molecule has 0 bridgehead atoms. The molecule has 0 saturated heterocycles. The first-order valence-electron chi connectivity index (χ1n) is 4.02. The van der Waals surface area contributed by atoms with Crippen LogP contribution in [0.15, 0.2) is 23.5 Å². The summed E-state index contributed by atoms with van der Waals surface area (Å²) in [4.78, 5) is 0. The summed E-state index contributed by atoms with van der Waals surface area (Å²) in [6.45, 7) is 4.15. The van der Waals surface area contributed by atoms with E-state index in [0.717, 1.165) is 17.8 Å². The highest BCUT2D eigenvalue weighted by Crippen LogP contribution is 2.02. The summed E-state index contributed by atoms with van der Waals surface area (Å²) < 4.78 is 0. The van der Waals surface area contributed by atoms with Crippen LogP contribution in [0.3, 0.4) is 0 Å². The largest absolute Gasteiger partial charge is 0.387 e. The number of likely N-dealkylation sites (N-methyl/N-ethyl adjacent to an activating group) is 2. The predicted molar refractivity (Wildman–Crippen MR) is 50.3 cm³/mol. The van der Waals surface area contributed by atoms with Crippen LogP contribution in [0.1, 0.15) is 20.3 Å². The van der Waals surface area contributed by atoms with E-state index in [4.69, 9.17) is 0 Å². The molecule has 0 unspecified atom stereocenters. The van der Waals surface area contributed by atoms with Gasteiger partial charge in [0, 0.05) is 14.1 Å². The van der Waals surface area contributed by atoms with Crippen molar-refractivity contribution < 1.29 is 0 Å². The fourth-order valence-corrected chi connectivity index (χ4v) is 0.985. The van der Waals surface area contributed by atoms with Crippen LogP contribution >= 0.6 is 0 Å². The topological polar surface area (TPSA) is 24.1 Å². The normalized spacial score (nSPS) is 13.1. The number of rotatable bonds is 4. The van der Waals surface area contributed by atoms with Gasteiger partial charge < -0.3 is 10.6 Å². The number of hydrogen-bond acceptors (Lipinski definition) is 2. The molecule has 0 amide bonds. The maximum atomic E-state index is 3.14. The van der Waals surface area contributed by atoms with E-state index in [2.05, 4.69) is 29.7 Å². The molecule has 0 aliphatic carbocycles. The van der Waals surface area contributed by atoms with Gasteiger partial charge in [-0.1, -0.05) is 19.1 Å². The molecule has 0 aliphatic heterocycles. The fourth-order valence-electron chi connectivity index (χ4n) is 0.985. The first-order valence-corrected chi connectivity index (χ1v) is 4.02. The zero-order valence-corrected chi connectivity index (χ0v) is 7.86. The van der Waals surface area contributed by atoms with Gasteiger partial charge in [-0.05, 0) is 13.3 Å². The van der Waals surface area contributed by atoms with E-state index in [9.17, 15) is 0 Å². The van der Waals surface area contributed by atoms with E-state index in [1.165, 1.54) is 0 Å². The van der Waals surface area contributed by atoms with Gasteiger partial charge in [-0.3, -0.25) is 0 Å². The smallest absolute Gasteiger partial charge is 0.0529 e. The van der Waals surface area contributed by atoms with Crippen molar-refractivity contribution in [3.8, 4) is 0 Å². The van der Waals surface area contributed by atoms with E-state index in [1.54, 1.807) is 0 Å². The lowest BCUT2D eigenvalue weighted by atomic mass is 10.2. The first kappa shape index (κ1) is 10.1. The molecule has 2 heteroatoms. The monoisotopic (exact) mass is 154 g/mol. The van der Waals surface area contributed by atoms with Crippen LogP contribution in [-0.4, -0.2) is 14.1 Å². The molecule has 0 saturated carbocycles. The van der Waals surface area contributed by atoms with Crippen LogP contribution in [0.2, 0.25) is 0 Å². The average Bonchev–Trinajstić information content (AvgIpc) is 2.05. The van der Waals surface area contributed by atoms with Crippen LogP contribution in [0.25, 0.3) is 0 Å². The highest BCUT2D eigenvalue weighted by molar-refractivity contribution is 5.26. The van der Waals surface area contributed by atoms with Gasteiger partial charge in [-0.25, -0.2) is 0 Å². The van der Waals surface area contributed by atoms with Crippen molar-refractivity contribution in [2.45, 2.75) is 20.3 Å². The second kappa shape index (κ2) is 5.83. The summed E-state index contributed by atoms with van der Waals surface area (Å²) in [6, 6.07) is 0. The average molecular weight is 154 g/mol. The first-order chi connectivity index (χ1) is 5.29. The minimum absolute atomic E-state index is 1.05. The molecule has 0 radical (unpaired) electrons. The molecular formula is C9H18N2. The van der Waals surface area contributed by atoms with Crippen molar-refractivity contribution in [3.63, 3.8) is 0 Å². The third-order valence-corrected chi connectivity index (χ3v) is 1.53. The van der Waals surface area contributed by atoms with Crippen LogP contribution in [0, 0.1) is 0 Å². The lowest BCUT2D eigenvalue weighted by molar-refractivity contribution is 0.892. The Kier molecular flexibility index (Phi) is 5.35. The molecule has 0 rings (SSSR count). The number of hydrogen-bond donors (Lipinski definition) is 2. The van der Waals surface area contributed by atoms with E-state index in [-0.39, 0.29) is 0 Å². The molecule has 11 heavy (non-hydrogen) atoms. The van der Waals surface area contributed by atoms with Gasteiger partial charge in [-0.2, -0.15) is 0 Å². The summed E-state index contributed by atoms with van der Waals surface area (Å²) in [5.74, 6) is 0. The second-order valence-electron chi connectivity index (χ2n) is 2.23. The summed E-state index contributed by atoms with van der Waals surface area (Å²) in [5, 5.41) is 6.25. The third kappa shape index (κ3) is 3.12. The Morgan fingerprint density at radius 1 is 1.18 bits per heavy atom. The maximum absolute atomic E-state index is 3.14. The van der Waals surface area contributed by atoms with Gasteiger partial charge in [-0.15, -0.1) is 0 Å². The van der Waals surface area contributed by atoms with Gasteiger partial charge in [0.25, 0.3) is 0 Å². The molecule has 0 aromatic carbocycles. The van der Waals surface area contributed by atoms with Crippen LogP contribution in [0.5, 0.6) is 0 Å². The van der Waals surface area contributed by atoms with Gasteiger partial charge in [0.05, 0.1) is 11.4 Å². The van der Waals surface area contributed by atoms with Gasteiger partial charge in [0.15, 0.2) is 0 Å². The molecule has 0 aliphatic rings. The molecule has 2 nitrogen and oxygen atoms in total. The fraction of sp³-hybridized carbons (Fsp3) is 0.556. The van der Waals surface area contributed by atoms with Gasteiger partial charge in [0.2, 0.25) is 0 Å². The quantitative estimate of drug-likeness (QED) is 0.601. The molecule has 2 N–H and O–H groups in total. The minimum Gasteiger partial charge on any atom is -0.387 e. The van der Waals surface area contributed by atoms with Gasteiger partial charge in [0.1, 0.15) is 0 Å². The van der Waals surface area contributed by atoms with E-state index in [0.29, 0.717) is 0 Å². The van der Waals surface area contributed by atoms with Crippen molar-refractivity contribution in [1.29, 1.82) is 0 Å². The third-order valence-electron chi connectivity index (χ3n) is 1.53. The van der Waals surface area contributed by atoms with E-state index < -0.39 is 0 Å². The number of nitrogens with one attached hydrogen (secondary N) is 2. The molecule has 0 aromatic rings. The SMILES string of the molecule is C/C=C(NC)\C(=C/CC)NC. The van der Waals surface area contributed by atoms with Crippen molar-refractivity contribution in [2.75, 3.05) is 14.1 Å². The van der Waals surface area contributed by atoms with Crippen molar-refractivity contribution in [1.82, 2.24) is 10.6 Å². The van der Waals surface area contributed by atoms with Crippen LogP contribution < -0.4 is 10.6 Å². The van der Waals surface area contributed by atoms with Crippen molar-refractivity contribution in [2.24, 2.45) is 0 Å². The van der Waals surface area contributed by atoms with Gasteiger partial charge >= 0.3 is 0 Å². The highest BCUT2D eigenvalue weighted by Gasteiger charge is 1.96. The molecule has 0 fully saturated rings. The van der Waals surface area contributed by atoms with Crippen molar-refractivity contribution in [3.05, 3.63) is 23.5 Å². The molecule has 0 heterocycles. The Morgan fingerprint density at radius 3 is 2.00 bits per heavy atom. The van der Waals surface area contributed by atoms with E-state index >= 15 is 0 Å². The minimum atomic E-state index is 1.05. The summed E-state index contributed by atoms with van der Waals surface area (Å²) >= 11 is 0. The Labute approximate surface area is 69.4 Å². The van der Waals surface area contributed by atoms with E-state index in [1.807, 2.05) is 21.0 Å². The standard InChI is InChI=1S/C9H18N2/c1-5-7-9(11-4)8(6-2)10-3/h6-7,10-11H,5H2,1-4H3/b8-6+,9-7+. The Balaban J connectivity index is 4.35. The molecule has 0 spiro atoms. The lowest BCUT2D eigenvalue weighted by Crippen LogP contribution is -2.17. The highest BCUT2D eigenvalue weighted by atomic mass is 14.9. The second-order valence-corrected chi connectivity index (χ2v) is 2.23. The maximum Gasteiger partial charge on any atom is 0.0529 e. The Morgan fingerprint density at radius 2 is 1.73 bits per heavy atom. The summed E-state index contributed by atoms with van der Waals surface area (Å²) in [6.07, 6.45) is 5.26. The van der Waals surface area contributed by atoms with Crippen molar-refractivity contribution >= 4 is 0 Å².